The number of ether oxygens (including phenoxy) is 1. The van der Waals surface area contributed by atoms with Crippen LogP contribution in [0.4, 0.5) is 5.95 Å². The standard InChI is InChI=1S/C15H17BrN6.C5H10O2/c1-18-4-2-6-22-9-11(12-3-5-19-15(17)21-12)10-7-14(16)20-8-13(10)22;1-5(2,3)7-4-6/h3,5,7-9,18H,2,4,6H2,1H3,(H2,17,19,21);4H,1-3H3. The van der Waals surface area contributed by atoms with Crippen LogP contribution in [0.25, 0.3) is 22.2 Å². The number of nitrogens with two attached hydrogens (primary N) is 1. The zero-order valence-corrected chi connectivity index (χ0v) is 18.7. The fourth-order valence-electron chi connectivity index (χ4n) is 2.65. The lowest BCUT2D eigenvalue weighted by molar-refractivity contribution is -0.138. The topological polar surface area (TPSA) is 108 Å². The Balaban J connectivity index is 0.000000370. The second-order valence-electron chi connectivity index (χ2n) is 7.34. The Labute approximate surface area is 179 Å². The summed E-state index contributed by atoms with van der Waals surface area (Å²) in [5.41, 5.74) is 8.35. The molecular formula is C20H27BrN6O2. The highest BCUT2D eigenvalue weighted by Gasteiger charge is 2.13. The van der Waals surface area contributed by atoms with Gasteiger partial charge in [-0.2, -0.15) is 0 Å². The first-order valence-electron chi connectivity index (χ1n) is 9.24. The van der Waals surface area contributed by atoms with Crippen LogP contribution in [-0.2, 0) is 16.1 Å². The van der Waals surface area contributed by atoms with E-state index in [0.29, 0.717) is 6.47 Å². The second kappa shape index (κ2) is 10.3. The lowest BCUT2D eigenvalue weighted by Crippen LogP contribution is -2.17. The first-order chi connectivity index (χ1) is 13.7. The molecule has 9 heteroatoms. The van der Waals surface area contributed by atoms with E-state index in [-0.39, 0.29) is 11.5 Å². The van der Waals surface area contributed by atoms with Crippen molar-refractivity contribution in [2.75, 3.05) is 19.3 Å². The Morgan fingerprint density at radius 1 is 1.34 bits per heavy atom. The molecule has 0 amide bonds. The van der Waals surface area contributed by atoms with Crippen molar-refractivity contribution in [1.29, 1.82) is 0 Å². The number of aryl methyl sites for hydroxylation is 1. The van der Waals surface area contributed by atoms with Crippen molar-refractivity contribution in [3.8, 4) is 11.3 Å². The van der Waals surface area contributed by atoms with E-state index in [4.69, 9.17) is 5.73 Å². The number of nitrogens with one attached hydrogen (secondary N) is 1. The summed E-state index contributed by atoms with van der Waals surface area (Å²) in [6, 6.07) is 3.88. The summed E-state index contributed by atoms with van der Waals surface area (Å²) < 4.78 is 7.56. The highest BCUT2D eigenvalue weighted by Crippen LogP contribution is 2.31. The SMILES string of the molecule is CC(C)(C)OC=O.CNCCCn1cc(-c2ccnc(N)n2)c2cc(Br)ncc21. The molecule has 0 bridgehead atoms. The maximum absolute atomic E-state index is 9.60. The predicted octanol–water partition coefficient (Wildman–Crippen LogP) is 3.41. The van der Waals surface area contributed by atoms with Crippen molar-refractivity contribution in [2.24, 2.45) is 0 Å². The third-order valence-corrected chi connectivity index (χ3v) is 4.35. The van der Waals surface area contributed by atoms with Gasteiger partial charge < -0.3 is 20.4 Å². The van der Waals surface area contributed by atoms with E-state index in [2.05, 4.69) is 51.7 Å². The van der Waals surface area contributed by atoms with E-state index in [1.54, 1.807) is 6.20 Å². The summed E-state index contributed by atoms with van der Waals surface area (Å²) in [5, 5.41) is 4.27. The van der Waals surface area contributed by atoms with E-state index in [1.165, 1.54) is 0 Å². The summed E-state index contributed by atoms with van der Waals surface area (Å²) >= 11 is 3.44. The van der Waals surface area contributed by atoms with Gasteiger partial charge in [-0.1, -0.05) is 0 Å². The van der Waals surface area contributed by atoms with Crippen LogP contribution in [0.5, 0.6) is 0 Å². The van der Waals surface area contributed by atoms with E-state index in [1.807, 2.05) is 46.1 Å². The quantitative estimate of drug-likeness (QED) is 0.328. The molecule has 0 aliphatic carbocycles. The van der Waals surface area contributed by atoms with Crippen LogP contribution < -0.4 is 11.1 Å². The number of hydrogen-bond donors (Lipinski definition) is 2. The van der Waals surface area contributed by atoms with E-state index in [9.17, 15) is 4.79 Å². The van der Waals surface area contributed by atoms with Gasteiger partial charge in [0.2, 0.25) is 5.95 Å². The van der Waals surface area contributed by atoms with Crippen molar-refractivity contribution in [3.05, 3.63) is 35.3 Å². The van der Waals surface area contributed by atoms with Gasteiger partial charge in [-0.25, -0.2) is 15.0 Å². The number of rotatable bonds is 6. The van der Waals surface area contributed by atoms with Gasteiger partial charge in [0.25, 0.3) is 6.47 Å². The average Bonchev–Trinajstić information content (AvgIpc) is 2.99. The van der Waals surface area contributed by atoms with Crippen molar-refractivity contribution < 1.29 is 9.53 Å². The maximum atomic E-state index is 9.60. The van der Waals surface area contributed by atoms with Crippen LogP contribution >= 0.6 is 15.9 Å². The smallest absolute Gasteiger partial charge is 0.293 e. The van der Waals surface area contributed by atoms with Gasteiger partial charge in [0, 0.05) is 29.9 Å². The molecule has 8 nitrogen and oxygen atoms in total. The summed E-state index contributed by atoms with van der Waals surface area (Å²) in [7, 11) is 1.96. The molecule has 0 atom stereocenters. The van der Waals surface area contributed by atoms with Crippen molar-refractivity contribution in [3.63, 3.8) is 0 Å². The number of aromatic nitrogens is 4. The summed E-state index contributed by atoms with van der Waals surface area (Å²) in [5.74, 6) is 0.279. The van der Waals surface area contributed by atoms with Crippen LogP contribution in [-0.4, -0.2) is 45.2 Å². The van der Waals surface area contributed by atoms with Crippen LogP contribution in [0.2, 0.25) is 0 Å². The zero-order valence-electron chi connectivity index (χ0n) is 17.1. The normalized spacial score (nSPS) is 11.1. The van der Waals surface area contributed by atoms with Gasteiger partial charge in [0.1, 0.15) is 10.2 Å². The van der Waals surface area contributed by atoms with Crippen molar-refractivity contribution in [1.82, 2.24) is 24.8 Å². The van der Waals surface area contributed by atoms with E-state index >= 15 is 0 Å². The first kappa shape index (κ1) is 22.8. The minimum absolute atomic E-state index is 0.279. The fraction of sp³-hybridized carbons (Fsp3) is 0.400. The zero-order chi connectivity index (χ0) is 21.4. The average molecular weight is 463 g/mol. The Morgan fingerprint density at radius 2 is 2.10 bits per heavy atom. The molecule has 3 aromatic heterocycles. The molecule has 0 aliphatic heterocycles. The van der Waals surface area contributed by atoms with Gasteiger partial charge in [0.05, 0.1) is 17.4 Å². The monoisotopic (exact) mass is 462 g/mol. The molecule has 0 saturated heterocycles. The summed E-state index contributed by atoms with van der Waals surface area (Å²) in [6.45, 7) is 7.81. The number of fused-ring (bicyclic) bond motifs is 1. The predicted molar refractivity (Wildman–Crippen MR) is 118 cm³/mol. The van der Waals surface area contributed by atoms with Crippen LogP contribution in [0, 0.1) is 0 Å². The minimum Gasteiger partial charge on any atom is -0.462 e. The molecule has 3 N–H and O–H groups in total. The molecule has 3 heterocycles. The Kier molecular flexibility index (Phi) is 8.10. The van der Waals surface area contributed by atoms with Crippen molar-refractivity contribution >= 4 is 39.3 Å². The minimum atomic E-state index is -0.318. The number of pyridine rings is 1. The molecule has 0 aliphatic rings. The molecule has 156 valence electrons. The van der Waals surface area contributed by atoms with Crippen LogP contribution in [0.15, 0.2) is 35.3 Å². The Bertz CT molecular complexity index is 952. The Hall–Kier alpha value is -2.52. The number of anilines is 1. The lowest BCUT2D eigenvalue weighted by atomic mass is 10.1. The first-order valence-corrected chi connectivity index (χ1v) is 10.0. The number of carbonyl (C=O) groups excluding carboxylic acids is 1. The lowest BCUT2D eigenvalue weighted by Gasteiger charge is -2.14. The van der Waals surface area contributed by atoms with Gasteiger partial charge in [-0.3, -0.25) is 4.79 Å². The van der Waals surface area contributed by atoms with Gasteiger partial charge >= 0.3 is 0 Å². The molecule has 0 aromatic carbocycles. The highest BCUT2D eigenvalue weighted by atomic mass is 79.9. The van der Waals surface area contributed by atoms with Gasteiger partial charge in [-0.05, 0) is 68.8 Å². The molecule has 0 saturated carbocycles. The van der Waals surface area contributed by atoms with Crippen LogP contribution in [0.3, 0.4) is 0 Å². The Morgan fingerprint density at radius 3 is 2.69 bits per heavy atom. The van der Waals surface area contributed by atoms with Crippen LogP contribution in [0.1, 0.15) is 27.2 Å². The molecule has 0 radical (unpaired) electrons. The summed E-state index contributed by atoms with van der Waals surface area (Å²) in [6.07, 6.45) is 6.71. The van der Waals surface area contributed by atoms with E-state index < -0.39 is 0 Å². The number of nitrogen functional groups attached to an aromatic ring is 1. The largest absolute Gasteiger partial charge is 0.462 e. The van der Waals surface area contributed by atoms with Gasteiger partial charge in [0.15, 0.2) is 0 Å². The van der Waals surface area contributed by atoms with E-state index in [0.717, 1.165) is 46.3 Å². The highest BCUT2D eigenvalue weighted by molar-refractivity contribution is 9.10. The van der Waals surface area contributed by atoms with Gasteiger partial charge in [-0.15, -0.1) is 0 Å². The molecule has 3 aromatic rings. The van der Waals surface area contributed by atoms with Crippen molar-refractivity contribution in [2.45, 2.75) is 39.3 Å². The molecule has 29 heavy (non-hydrogen) atoms. The number of nitrogens with zero attached hydrogens (tertiary/aromatic N) is 4. The fourth-order valence-corrected chi connectivity index (χ4v) is 2.98. The molecule has 0 unspecified atom stereocenters. The molecule has 3 rings (SSSR count). The molecular weight excluding hydrogens is 436 g/mol. The number of carbonyl (C=O) groups is 1. The number of hydrogen-bond acceptors (Lipinski definition) is 7. The molecule has 0 spiro atoms. The molecule has 0 fully saturated rings. The third kappa shape index (κ3) is 6.79. The third-order valence-electron chi connectivity index (χ3n) is 3.91. The second-order valence-corrected chi connectivity index (χ2v) is 8.16. The summed E-state index contributed by atoms with van der Waals surface area (Å²) in [4.78, 5) is 22.2. The number of halogens is 1. The maximum Gasteiger partial charge on any atom is 0.293 e.